The van der Waals surface area contributed by atoms with Crippen LogP contribution in [0.1, 0.15) is 43.2 Å². The Bertz CT molecular complexity index is 624. The van der Waals surface area contributed by atoms with Crippen LogP contribution in [0.5, 0.6) is 0 Å². The van der Waals surface area contributed by atoms with Crippen LogP contribution in [0.25, 0.3) is 5.57 Å². The number of fused-ring (bicyclic) bond motifs is 1. The topological polar surface area (TPSA) is 40.5 Å². The number of rotatable bonds is 8. The van der Waals surface area contributed by atoms with Crippen LogP contribution in [-0.2, 0) is 4.79 Å². The van der Waals surface area contributed by atoms with Crippen molar-refractivity contribution in [2.75, 3.05) is 19.7 Å². The summed E-state index contributed by atoms with van der Waals surface area (Å²) in [6.07, 6.45) is 10.1. The van der Waals surface area contributed by atoms with Gasteiger partial charge in [-0.2, -0.15) is 0 Å². The number of aliphatic hydroxyl groups is 1. The van der Waals surface area contributed by atoms with Gasteiger partial charge in [0.2, 0.25) is 5.91 Å². The lowest BCUT2D eigenvalue weighted by Gasteiger charge is -2.23. The van der Waals surface area contributed by atoms with Gasteiger partial charge in [-0.15, -0.1) is 0 Å². The predicted molar refractivity (Wildman–Crippen MR) is 99.7 cm³/mol. The van der Waals surface area contributed by atoms with Gasteiger partial charge in [0, 0.05) is 19.5 Å². The maximum Gasteiger partial charge on any atom is 0.223 e. The number of hydrogen-bond donors (Lipinski definition) is 1. The molecule has 2 rings (SSSR count). The number of carbonyl (C=O) groups is 1. The molecule has 3 nitrogen and oxygen atoms in total. The van der Waals surface area contributed by atoms with Crippen LogP contribution in [0, 0.1) is 0 Å². The van der Waals surface area contributed by atoms with Crippen molar-refractivity contribution in [3.63, 3.8) is 0 Å². The Labute approximate surface area is 145 Å². The van der Waals surface area contributed by atoms with Crippen LogP contribution < -0.4 is 0 Å². The molecule has 1 aliphatic rings. The average molecular weight is 325 g/mol. The van der Waals surface area contributed by atoms with Crippen molar-refractivity contribution in [2.45, 2.75) is 32.1 Å². The highest BCUT2D eigenvalue weighted by Gasteiger charge is 2.28. The third kappa shape index (κ3) is 4.45. The molecule has 1 aromatic rings. The summed E-state index contributed by atoms with van der Waals surface area (Å²) in [7, 11) is 0. The lowest BCUT2D eigenvalue weighted by molar-refractivity contribution is -0.132. The molecule has 1 aliphatic carbocycles. The van der Waals surface area contributed by atoms with E-state index < -0.39 is 0 Å². The zero-order valence-electron chi connectivity index (χ0n) is 14.4. The largest absolute Gasteiger partial charge is 0.395 e. The van der Waals surface area contributed by atoms with Gasteiger partial charge in [0.15, 0.2) is 0 Å². The molecule has 1 amide bonds. The van der Waals surface area contributed by atoms with E-state index in [-0.39, 0.29) is 18.4 Å². The molecule has 0 heterocycles. The smallest absolute Gasteiger partial charge is 0.223 e. The number of aliphatic hydroxyl groups excluding tert-OH is 1. The Hall–Kier alpha value is -2.13. The van der Waals surface area contributed by atoms with Crippen LogP contribution in [0.3, 0.4) is 0 Å². The van der Waals surface area contributed by atoms with E-state index in [1.165, 1.54) is 16.7 Å². The van der Waals surface area contributed by atoms with Crippen LogP contribution in [-0.4, -0.2) is 35.6 Å². The van der Waals surface area contributed by atoms with E-state index in [9.17, 15) is 9.90 Å². The summed E-state index contributed by atoms with van der Waals surface area (Å²) < 4.78 is 0. The highest BCUT2D eigenvalue weighted by Crippen LogP contribution is 2.43. The number of amides is 1. The fourth-order valence-electron chi connectivity index (χ4n) is 3.31. The number of allylic oxidation sites excluding steroid dienone is 5. The Morgan fingerprint density at radius 3 is 2.83 bits per heavy atom. The summed E-state index contributed by atoms with van der Waals surface area (Å²) >= 11 is 0. The first kappa shape index (κ1) is 18.2. The third-order valence-corrected chi connectivity index (χ3v) is 4.39. The first-order valence-electron chi connectivity index (χ1n) is 8.67. The zero-order valence-corrected chi connectivity index (χ0v) is 14.4. The minimum Gasteiger partial charge on any atom is -0.395 e. The second-order valence-corrected chi connectivity index (χ2v) is 6.11. The fraction of sp³-hybridized carbons (Fsp3) is 0.381. The number of nitrogens with zero attached hydrogens (tertiary/aromatic N) is 1. The van der Waals surface area contributed by atoms with Gasteiger partial charge >= 0.3 is 0 Å². The van der Waals surface area contributed by atoms with Crippen molar-refractivity contribution in [3.05, 3.63) is 66.3 Å². The molecule has 0 bridgehead atoms. The maximum atomic E-state index is 12.6. The lowest BCUT2D eigenvalue weighted by atomic mass is 9.97. The summed E-state index contributed by atoms with van der Waals surface area (Å²) in [5.41, 5.74) is 3.77. The first-order valence-corrected chi connectivity index (χ1v) is 8.67. The van der Waals surface area contributed by atoms with Crippen molar-refractivity contribution < 1.29 is 9.90 Å². The van der Waals surface area contributed by atoms with E-state index >= 15 is 0 Å². The average Bonchev–Trinajstić information content (AvgIpc) is 2.93. The van der Waals surface area contributed by atoms with E-state index in [0.29, 0.717) is 19.5 Å². The molecule has 0 saturated carbocycles. The monoisotopic (exact) mass is 325 g/mol. The molecule has 1 unspecified atom stereocenters. The second-order valence-electron chi connectivity index (χ2n) is 6.11. The fourth-order valence-corrected chi connectivity index (χ4v) is 3.31. The zero-order chi connectivity index (χ0) is 17.4. The van der Waals surface area contributed by atoms with Crippen LogP contribution in [0.15, 0.2) is 55.1 Å². The van der Waals surface area contributed by atoms with E-state index in [4.69, 9.17) is 0 Å². The Morgan fingerprint density at radius 1 is 1.33 bits per heavy atom. The molecule has 1 N–H and O–H groups in total. The Balaban J connectivity index is 2.17. The summed E-state index contributed by atoms with van der Waals surface area (Å²) in [5.74, 6) is 0.351. The molecule has 0 radical (unpaired) electrons. The van der Waals surface area contributed by atoms with E-state index in [1.807, 2.05) is 24.3 Å². The minimum absolute atomic E-state index is 0.0183. The molecule has 3 heteroatoms. The molecule has 0 aliphatic heterocycles. The van der Waals surface area contributed by atoms with Crippen molar-refractivity contribution in [2.24, 2.45) is 0 Å². The minimum atomic E-state index is 0.0183. The summed E-state index contributed by atoms with van der Waals surface area (Å²) in [6, 6.07) is 8.34. The van der Waals surface area contributed by atoms with Crippen LogP contribution >= 0.6 is 0 Å². The molecule has 0 spiro atoms. The lowest BCUT2D eigenvalue weighted by Crippen LogP contribution is -2.34. The molecule has 1 atom stereocenters. The van der Waals surface area contributed by atoms with Gasteiger partial charge in [-0.25, -0.2) is 0 Å². The molecule has 128 valence electrons. The van der Waals surface area contributed by atoms with Gasteiger partial charge < -0.3 is 10.0 Å². The number of benzene rings is 1. The van der Waals surface area contributed by atoms with Crippen molar-refractivity contribution in [1.29, 1.82) is 0 Å². The second kappa shape index (κ2) is 9.24. The Morgan fingerprint density at radius 2 is 2.12 bits per heavy atom. The SMILES string of the molecule is C=C/C=C\C=C1/CC(CC(=O)N(CCC)CCO)c2ccccc21. The Kier molecular flexibility index (Phi) is 7.01. The summed E-state index contributed by atoms with van der Waals surface area (Å²) in [6.45, 7) is 6.89. The molecular formula is C21H27NO2. The predicted octanol–water partition coefficient (Wildman–Crippen LogP) is 3.92. The van der Waals surface area contributed by atoms with Gasteiger partial charge in [0.25, 0.3) is 0 Å². The first-order chi connectivity index (χ1) is 11.7. The molecular weight excluding hydrogens is 298 g/mol. The normalized spacial score (nSPS) is 18.1. The van der Waals surface area contributed by atoms with E-state index in [2.05, 4.69) is 31.7 Å². The van der Waals surface area contributed by atoms with Crippen molar-refractivity contribution in [3.8, 4) is 0 Å². The van der Waals surface area contributed by atoms with E-state index in [0.717, 1.165) is 12.8 Å². The van der Waals surface area contributed by atoms with Crippen molar-refractivity contribution >= 4 is 11.5 Å². The molecule has 24 heavy (non-hydrogen) atoms. The van der Waals surface area contributed by atoms with E-state index in [1.54, 1.807) is 11.0 Å². The van der Waals surface area contributed by atoms with Crippen LogP contribution in [0.4, 0.5) is 0 Å². The molecule has 1 aromatic carbocycles. The highest BCUT2D eigenvalue weighted by molar-refractivity contribution is 5.81. The number of carbonyl (C=O) groups excluding carboxylic acids is 1. The summed E-state index contributed by atoms with van der Waals surface area (Å²) in [5, 5.41) is 9.17. The molecule has 0 saturated heterocycles. The number of hydrogen-bond acceptors (Lipinski definition) is 2. The van der Waals surface area contributed by atoms with Gasteiger partial charge in [0.1, 0.15) is 0 Å². The molecule has 0 aromatic heterocycles. The van der Waals surface area contributed by atoms with Gasteiger partial charge in [-0.1, -0.05) is 62.1 Å². The van der Waals surface area contributed by atoms with Crippen molar-refractivity contribution in [1.82, 2.24) is 4.90 Å². The van der Waals surface area contributed by atoms with Gasteiger partial charge in [0.05, 0.1) is 6.61 Å². The summed E-state index contributed by atoms with van der Waals surface area (Å²) in [4.78, 5) is 14.4. The quantitative estimate of drug-likeness (QED) is 0.736. The third-order valence-electron chi connectivity index (χ3n) is 4.39. The van der Waals surface area contributed by atoms with Gasteiger partial charge in [-0.05, 0) is 35.5 Å². The molecule has 0 fully saturated rings. The maximum absolute atomic E-state index is 12.6. The standard InChI is InChI=1S/C21H27NO2/c1-3-5-6-9-17-15-18(20-11-8-7-10-19(17)20)16-21(24)22(12-4-2)13-14-23/h3,5-11,18,23H,1,4,12-16H2,2H3/b6-5-,17-9+. The highest BCUT2D eigenvalue weighted by atomic mass is 16.3. The van der Waals surface area contributed by atoms with Gasteiger partial charge in [-0.3, -0.25) is 4.79 Å². The van der Waals surface area contributed by atoms with Crippen LogP contribution in [0.2, 0.25) is 0 Å².